The Bertz CT molecular complexity index is 929. The van der Waals surface area contributed by atoms with Crippen molar-refractivity contribution in [3.63, 3.8) is 0 Å². The number of nitrogens with one attached hydrogen (secondary N) is 1. The monoisotopic (exact) mass is 399 g/mol. The summed E-state index contributed by atoms with van der Waals surface area (Å²) in [7, 11) is -3.91. The third-order valence-electron chi connectivity index (χ3n) is 4.21. The van der Waals surface area contributed by atoms with Gasteiger partial charge >= 0.3 is 5.97 Å². The van der Waals surface area contributed by atoms with Crippen molar-refractivity contribution in [2.45, 2.75) is 44.2 Å². The van der Waals surface area contributed by atoms with Crippen molar-refractivity contribution < 1.29 is 17.9 Å². The first kappa shape index (κ1) is 21.7. The third kappa shape index (κ3) is 5.95. The first-order chi connectivity index (χ1) is 13.2. The van der Waals surface area contributed by atoms with Crippen LogP contribution >= 0.6 is 0 Å². The topological polar surface area (TPSA) is 72.5 Å². The SMILES string of the molecule is C#C[C@@H](OC(=O)[C@H](Cc1ccccc1)NS(=O)(=O)c1ccc(C)cc1)C(C)C. The largest absolute Gasteiger partial charge is 0.448 e. The van der Waals surface area contributed by atoms with Gasteiger partial charge in [0.2, 0.25) is 10.0 Å². The molecule has 2 atom stereocenters. The number of carbonyl (C=O) groups excluding carboxylic acids is 1. The Kier molecular flexibility index (Phi) is 7.38. The number of terminal acetylenes is 1. The number of esters is 1. The predicted octanol–water partition coefficient (Wildman–Crippen LogP) is 3.09. The second-order valence-corrected chi connectivity index (χ2v) is 8.66. The minimum absolute atomic E-state index is 0.0833. The number of aryl methyl sites for hydroxylation is 1. The van der Waals surface area contributed by atoms with Crippen molar-refractivity contribution in [1.29, 1.82) is 0 Å². The maximum atomic E-state index is 12.8. The fourth-order valence-electron chi connectivity index (χ4n) is 2.57. The summed E-state index contributed by atoms with van der Waals surface area (Å²) in [4.78, 5) is 12.8. The fourth-order valence-corrected chi connectivity index (χ4v) is 3.75. The predicted molar refractivity (Wildman–Crippen MR) is 109 cm³/mol. The molecule has 0 bridgehead atoms. The van der Waals surface area contributed by atoms with Crippen LogP contribution < -0.4 is 4.72 Å². The van der Waals surface area contributed by atoms with Crippen molar-refractivity contribution >= 4 is 16.0 Å². The van der Waals surface area contributed by atoms with E-state index in [9.17, 15) is 13.2 Å². The minimum Gasteiger partial charge on any atom is -0.448 e. The van der Waals surface area contributed by atoms with Gasteiger partial charge in [0.25, 0.3) is 0 Å². The first-order valence-corrected chi connectivity index (χ1v) is 10.5. The maximum absolute atomic E-state index is 12.8. The van der Waals surface area contributed by atoms with Crippen molar-refractivity contribution in [1.82, 2.24) is 4.72 Å². The molecule has 5 nitrogen and oxygen atoms in total. The lowest BCUT2D eigenvalue weighted by atomic mass is 10.1. The molecule has 1 N–H and O–H groups in total. The summed E-state index contributed by atoms with van der Waals surface area (Å²) < 4.78 is 33.4. The molecule has 0 radical (unpaired) electrons. The molecule has 2 rings (SSSR count). The molecule has 0 amide bonds. The molecule has 148 valence electrons. The van der Waals surface area contributed by atoms with Crippen LogP contribution in [0.2, 0.25) is 0 Å². The molecule has 6 heteroatoms. The Labute approximate surface area is 167 Å². The van der Waals surface area contributed by atoms with Crippen molar-refractivity contribution in [2.75, 3.05) is 0 Å². The number of sulfonamides is 1. The molecule has 2 aromatic carbocycles. The van der Waals surface area contributed by atoms with Crippen molar-refractivity contribution in [3.8, 4) is 12.3 Å². The quantitative estimate of drug-likeness (QED) is 0.547. The lowest BCUT2D eigenvalue weighted by molar-refractivity contribution is -0.150. The Morgan fingerprint density at radius 1 is 1.11 bits per heavy atom. The van der Waals surface area contributed by atoms with E-state index in [1.165, 1.54) is 12.1 Å². The second-order valence-electron chi connectivity index (χ2n) is 6.94. The standard InChI is InChI=1S/C22H25NO4S/c1-5-21(16(2)3)27-22(24)20(15-18-9-7-6-8-10-18)23-28(25,26)19-13-11-17(4)12-14-19/h1,6-14,16,20-21,23H,15H2,2-4H3/t20-,21+/m0/s1. The zero-order chi connectivity index (χ0) is 20.7. The van der Waals surface area contributed by atoms with Gasteiger partial charge in [0.05, 0.1) is 4.90 Å². The van der Waals surface area contributed by atoms with Crippen LogP contribution in [0.4, 0.5) is 0 Å². The molecule has 0 spiro atoms. The van der Waals surface area contributed by atoms with Gasteiger partial charge in [-0.15, -0.1) is 6.42 Å². The van der Waals surface area contributed by atoms with Crippen LogP contribution in [0.25, 0.3) is 0 Å². The average molecular weight is 400 g/mol. The van der Waals surface area contributed by atoms with Crippen molar-refractivity contribution in [2.24, 2.45) is 5.92 Å². The molecule has 0 aliphatic rings. The van der Waals surface area contributed by atoms with E-state index in [-0.39, 0.29) is 17.2 Å². The maximum Gasteiger partial charge on any atom is 0.325 e. The summed E-state index contributed by atoms with van der Waals surface area (Å²) >= 11 is 0. The van der Waals surface area contributed by atoms with Crippen LogP contribution in [0.5, 0.6) is 0 Å². The number of carbonyl (C=O) groups is 1. The highest BCUT2D eigenvalue weighted by atomic mass is 32.2. The fraction of sp³-hybridized carbons (Fsp3) is 0.318. The zero-order valence-corrected chi connectivity index (χ0v) is 17.1. The van der Waals surface area contributed by atoms with E-state index < -0.39 is 28.1 Å². The Hall–Kier alpha value is -2.62. The van der Waals surface area contributed by atoms with Crippen LogP contribution in [0.15, 0.2) is 59.5 Å². The highest BCUT2D eigenvalue weighted by molar-refractivity contribution is 7.89. The number of rotatable bonds is 8. The van der Waals surface area contributed by atoms with Crippen LogP contribution in [0, 0.1) is 25.2 Å². The van der Waals surface area contributed by atoms with Gasteiger partial charge in [-0.1, -0.05) is 67.8 Å². The van der Waals surface area contributed by atoms with Gasteiger partial charge in [0.1, 0.15) is 6.04 Å². The molecule has 0 unspecified atom stereocenters. The first-order valence-electron chi connectivity index (χ1n) is 9.02. The van der Waals surface area contributed by atoms with E-state index in [4.69, 9.17) is 11.2 Å². The Morgan fingerprint density at radius 3 is 2.25 bits per heavy atom. The highest BCUT2D eigenvalue weighted by Crippen LogP contribution is 2.14. The molecule has 0 aromatic heterocycles. The third-order valence-corrected chi connectivity index (χ3v) is 5.70. The normalized spacial score (nSPS) is 13.5. The lowest BCUT2D eigenvalue weighted by Gasteiger charge is -2.22. The highest BCUT2D eigenvalue weighted by Gasteiger charge is 2.29. The number of hydrogen-bond donors (Lipinski definition) is 1. The molecule has 0 aliphatic carbocycles. The molecular formula is C22H25NO4S. The summed E-state index contributed by atoms with van der Waals surface area (Å²) in [5, 5.41) is 0. The Balaban J connectivity index is 2.28. The summed E-state index contributed by atoms with van der Waals surface area (Å²) in [6.45, 7) is 5.53. The molecule has 0 aliphatic heterocycles. The summed E-state index contributed by atoms with van der Waals surface area (Å²) in [6.07, 6.45) is 4.87. The van der Waals surface area contributed by atoms with E-state index in [1.807, 2.05) is 51.1 Å². The van der Waals surface area contributed by atoms with Gasteiger partial charge in [0, 0.05) is 5.92 Å². The van der Waals surface area contributed by atoms with Crippen LogP contribution in [0.1, 0.15) is 25.0 Å². The summed E-state index contributed by atoms with van der Waals surface area (Å²) in [5.74, 6) is 1.65. The molecule has 0 fully saturated rings. The number of ether oxygens (including phenoxy) is 1. The lowest BCUT2D eigenvalue weighted by Crippen LogP contribution is -2.44. The van der Waals surface area contributed by atoms with Gasteiger partial charge in [-0.2, -0.15) is 4.72 Å². The van der Waals surface area contributed by atoms with E-state index in [0.29, 0.717) is 0 Å². The van der Waals surface area contributed by atoms with Crippen molar-refractivity contribution in [3.05, 3.63) is 65.7 Å². The van der Waals surface area contributed by atoms with Crippen LogP contribution in [0.3, 0.4) is 0 Å². The molecule has 2 aromatic rings. The molecule has 0 saturated carbocycles. The van der Waals surface area contributed by atoms with Gasteiger partial charge in [0.15, 0.2) is 6.10 Å². The van der Waals surface area contributed by atoms with E-state index >= 15 is 0 Å². The van der Waals surface area contributed by atoms with E-state index in [0.717, 1.165) is 11.1 Å². The number of hydrogen-bond acceptors (Lipinski definition) is 4. The molecule has 0 saturated heterocycles. The summed E-state index contributed by atoms with van der Waals surface area (Å²) in [6, 6.07) is 14.4. The molecular weight excluding hydrogens is 374 g/mol. The van der Waals surface area contributed by atoms with E-state index in [1.54, 1.807) is 12.1 Å². The van der Waals surface area contributed by atoms with Gasteiger partial charge in [-0.25, -0.2) is 8.42 Å². The van der Waals surface area contributed by atoms with Crippen LogP contribution in [-0.4, -0.2) is 26.5 Å². The van der Waals surface area contributed by atoms with Gasteiger partial charge < -0.3 is 4.74 Å². The molecule has 28 heavy (non-hydrogen) atoms. The zero-order valence-electron chi connectivity index (χ0n) is 16.3. The second kappa shape index (κ2) is 9.54. The average Bonchev–Trinajstić information content (AvgIpc) is 2.66. The molecule has 0 heterocycles. The Morgan fingerprint density at radius 2 is 1.71 bits per heavy atom. The summed E-state index contributed by atoms with van der Waals surface area (Å²) in [5.41, 5.74) is 1.74. The van der Waals surface area contributed by atoms with E-state index in [2.05, 4.69) is 10.6 Å². The van der Waals surface area contributed by atoms with Crippen LogP contribution in [-0.2, 0) is 26.0 Å². The minimum atomic E-state index is -3.91. The smallest absolute Gasteiger partial charge is 0.325 e. The van der Waals surface area contributed by atoms with Gasteiger partial charge in [-0.05, 0) is 31.0 Å². The van der Waals surface area contributed by atoms with Gasteiger partial charge in [-0.3, -0.25) is 4.79 Å². The number of benzene rings is 2.